The van der Waals surface area contributed by atoms with E-state index in [1.165, 1.54) is 22.3 Å². The summed E-state index contributed by atoms with van der Waals surface area (Å²) in [6.45, 7) is 4.41. The average molecular weight is 440 g/mol. The molecule has 2 aromatic heterocycles. The normalized spacial score (nSPS) is 11.5. The Morgan fingerprint density at radius 2 is 1.32 bits per heavy atom. The lowest BCUT2D eigenvalue weighted by Crippen LogP contribution is -1.90. The van der Waals surface area contributed by atoms with Gasteiger partial charge in [0.25, 0.3) is 0 Å². The molecule has 164 valence electrons. The van der Waals surface area contributed by atoms with Crippen LogP contribution in [0.1, 0.15) is 25.3 Å². The van der Waals surface area contributed by atoms with Crippen LogP contribution < -0.4 is 0 Å². The molecule has 2 heterocycles. The van der Waals surface area contributed by atoms with Gasteiger partial charge in [0, 0.05) is 22.5 Å². The Bertz CT molecular complexity index is 1610. The molecule has 0 saturated carbocycles. The second-order valence-electron chi connectivity index (χ2n) is 9.07. The number of fused-ring (bicyclic) bond motifs is 3. The van der Waals surface area contributed by atoms with Gasteiger partial charge in [-0.05, 0) is 64.1 Å². The van der Waals surface area contributed by atoms with Gasteiger partial charge < -0.3 is 4.42 Å². The standard InChI is InChI=1S/C32H25NO/c1-21(2)25-17-18-33-30(19-25)29-10-6-9-28-27-16-15-26(20-31(27)34-32(28)29)24-13-11-23(12-14-24)22-7-4-3-5-8-22/h3-21H,1-2H3. The molecule has 34 heavy (non-hydrogen) atoms. The number of rotatable bonds is 4. The fraction of sp³-hybridized carbons (Fsp3) is 0.0938. The zero-order valence-electron chi connectivity index (χ0n) is 19.3. The molecule has 0 spiro atoms. The van der Waals surface area contributed by atoms with Crippen LogP contribution in [0.4, 0.5) is 0 Å². The van der Waals surface area contributed by atoms with Gasteiger partial charge in [0.15, 0.2) is 0 Å². The van der Waals surface area contributed by atoms with Crippen molar-refractivity contribution in [3.8, 4) is 33.5 Å². The maximum absolute atomic E-state index is 6.45. The first-order valence-electron chi connectivity index (χ1n) is 11.7. The van der Waals surface area contributed by atoms with E-state index in [-0.39, 0.29) is 0 Å². The third kappa shape index (κ3) is 3.58. The molecule has 0 radical (unpaired) electrons. The van der Waals surface area contributed by atoms with Crippen molar-refractivity contribution in [2.75, 3.05) is 0 Å². The van der Waals surface area contributed by atoms with Crippen molar-refractivity contribution in [3.05, 3.63) is 115 Å². The van der Waals surface area contributed by atoms with E-state index in [1.54, 1.807) is 0 Å². The number of pyridine rings is 1. The van der Waals surface area contributed by atoms with Crippen molar-refractivity contribution in [2.45, 2.75) is 19.8 Å². The van der Waals surface area contributed by atoms with Crippen LogP contribution in [0.3, 0.4) is 0 Å². The highest BCUT2D eigenvalue weighted by Crippen LogP contribution is 2.37. The maximum atomic E-state index is 6.45. The van der Waals surface area contributed by atoms with Gasteiger partial charge in [0.1, 0.15) is 11.2 Å². The van der Waals surface area contributed by atoms with Crippen LogP contribution in [0.2, 0.25) is 0 Å². The minimum atomic E-state index is 0.451. The monoisotopic (exact) mass is 439 g/mol. The molecule has 0 saturated heterocycles. The van der Waals surface area contributed by atoms with Crippen molar-refractivity contribution in [1.29, 1.82) is 0 Å². The Labute approximate surface area is 199 Å². The molecule has 0 unspecified atom stereocenters. The van der Waals surface area contributed by atoms with E-state index >= 15 is 0 Å². The average Bonchev–Trinajstić information content (AvgIpc) is 3.27. The highest BCUT2D eigenvalue weighted by Gasteiger charge is 2.14. The highest BCUT2D eigenvalue weighted by atomic mass is 16.3. The van der Waals surface area contributed by atoms with Crippen molar-refractivity contribution in [1.82, 2.24) is 4.98 Å². The van der Waals surface area contributed by atoms with E-state index in [9.17, 15) is 0 Å². The summed E-state index contributed by atoms with van der Waals surface area (Å²) in [5.74, 6) is 0.451. The van der Waals surface area contributed by atoms with E-state index in [1.807, 2.05) is 12.3 Å². The quantitative estimate of drug-likeness (QED) is 0.274. The number of aromatic nitrogens is 1. The lowest BCUT2D eigenvalue weighted by molar-refractivity contribution is 0.670. The van der Waals surface area contributed by atoms with Gasteiger partial charge in [-0.15, -0.1) is 0 Å². The second kappa shape index (κ2) is 8.31. The molecule has 6 aromatic rings. The lowest BCUT2D eigenvalue weighted by Gasteiger charge is -2.07. The number of furan rings is 1. The van der Waals surface area contributed by atoms with Crippen LogP contribution in [0.15, 0.2) is 114 Å². The molecule has 0 amide bonds. The van der Waals surface area contributed by atoms with Gasteiger partial charge in [-0.1, -0.05) is 86.6 Å². The first-order chi connectivity index (χ1) is 16.7. The third-order valence-electron chi connectivity index (χ3n) is 6.55. The van der Waals surface area contributed by atoms with Gasteiger partial charge in [0.2, 0.25) is 0 Å². The molecule has 0 bridgehead atoms. The Kier molecular flexibility index (Phi) is 5.00. The largest absolute Gasteiger partial charge is 0.455 e. The summed E-state index contributed by atoms with van der Waals surface area (Å²) in [6, 6.07) is 36.3. The Morgan fingerprint density at radius 1 is 0.618 bits per heavy atom. The zero-order chi connectivity index (χ0) is 23.1. The van der Waals surface area contributed by atoms with Crippen molar-refractivity contribution in [2.24, 2.45) is 0 Å². The molecule has 0 atom stereocenters. The fourth-order valence-corrected chi connectivity index (χ4v) is 4.62. The number of benzene rings is 4. The summed E-state index contributed by atoms with van der Waals surface area (Å²) >= 11 is 0. The van der Waals surface area contributed by atoms with Crippen LogP contribution in [-0.4, -0.2) is 4.98 Å². The summed E-state index contributed by atoms with van der Waals surface area (Å²) in [5.41, 5.74) is 9.81. The van der Waals surface area contributed by atoms with Crippen LogP contribution in [0, 0.1) is 0 Å². The Hall–Kier alpha value is -4.17. The summed E-state index contributed by atoms with van der Waals surface area (Å²) < 4.78 is 6.45. The van der Waals surface area contributed by atoms with Crippen LogP contribution in [-0.2, 0) is 0 Å². The lowest BCUT2D eigenvalue weighted by atomic mass is 9.99. The highest BCUT2D eigenvalue weighted by molar-refractivity contribution is 6.10. The van der Waals surface area contributed by atoms with Gasteiger partial charge >= 0.3 is 0 Å². The zero-order valence-corrected chi connectivity index (χ0v) is 19.3. The van der Waals surface area contributed by atoms with Crippen LogP contribution in [0.5, 0.6) is 0 Å². The number of para-hydroxylation sites is 1. The minimum absolute atomic E-state index is 0.451. The number of hydrogen-bond acceptors (Lipinski definition) is 2. The molecule has 0 aliphatic carbocycles. The predicted molar refractivity (Wildman–Crippen MR) is 142 cm³/mol. The third-order valence-corrected chi connectivity index (χ3v) is 6.55. The van der Waals surface area contributed by atoms with Gasteiger partial charge in [-0.25, -0.2) is 0 Å². The van der Waals surface area contributed by atoms with Crippen molar-refractivity contribution < 1.29 is 4.42 Å². The molecule has 2 heteroatoms. The predicted octanol–water partition coefficient (Wildman–Crippen LogP) is 9.11. The van der Waals surface area contributed by atoms with E-state index in [2.05, 4.69) is 116 Å². The van der Waals surface area contributed by atoms with E-state index in [0.29, 0.717) is 5.92 Å². The van der Waals surface area contributed by atoms with Crippen LogP contribution >= 0.6 is 0 Å². The van der Waals surface area contributed by atoms with Crippen molar-refractivity contribution >= 4 is 21.9 Å². The van der Waals surface area contributed by atoms with Gasteiger partial charge in [0.05, 0.1) is 5.69 Å². The van der Waals surface area contributed by atoms with E-state index < -0.39 is 0 Å². The van der Waals surface area contributed by atoms with Crippen LogP contribution in [0.25, 0.3) is 55.4 Å². The molecule has 0 aliphatic heterocycles. The smallest absolute Gasteiger partial charge is 0.144 e. The first kappa shape index (κ1) is 20.4. The Balaban J connectivity index is 1.42. The number of nitrogens with zero attached hydrogens (tertiary/aromatic N) is 1. The van der Waals surface area contributed by atoms with Gasteiger partial charge in [-0.2, -0.15) is 0 Å². The second-order valence-corrected chi connectivity index (χ2v) is 9.07. The molecule has 0 fully saturated rings. The molecule has 2 nitrogen and oxygen atoms in total. The van der Waals surface area contributed by atoms with E-state index in [4.69, 9.17) is 4.42 Å². The topological polar surface area (TPSA) is 26.0 Å². The molecule has 0 N–H and O–H groups in total. The number of hydrogen-bond donors (Lipinski definition) is 0. The Morgan fingerprint density at radius 3 is 2.09 bits per heavy atom. The SMILES string of the molecule is CC(C)c1ccnc(-c2cccc3c2oc2cc(-c4ccc(-c5ccccc5)cc4)ccc23)c1. The fourth-order valence-electron chi connectivity index (χ4n) is 4.62. The first-order valence-corrected chi connectivity index (χ1v) is 11.7. The molecule has 6 rings (SSSR count). The summed E-state index contributed by atoms with van der Waals surface area (Å²) in [4.78, 5) is 4.65. The minimum Gasteiger partial charge on any atom is -0.455 e. The maximum Gasteiger partial charge on any atom is 0.144 e. The van der Waals surface area contributed by atoms with E-state index in [0.717, 1.165) is 38.8 Å². The summed E-state index contributed by atoms with van der Waals surface area (Å²) in [6.07, 6.45) is 1.89. The van der Waals surface area contributed by atoms with Crippen molar-refractivity contribution in [3.63, 3.8) is 0 Å². The summed E-state index contributed by atoms with van der Waals surface area (Å²) in [7, 11) is 0. The molecular formula is C32H25NO. The van der Waals surface area contributed by atoms with Gasteiger partial charge in [-0.3, -0.25) is 4.98 Å². The molecule has 4 aromatic carbocycles. The summed E-state index contributed by atoms with van der Waals surface area (Å²) in [5, 5.41) is 2.25. The molecular weight excluding hydrogens is 414 g/mol. The molecule has 0 aliphatic rings.